The van der Waals surface area contributed by atoms with Crippen molar-refractivity contribution >= 4 is 5.82 Å². The average molecular weight is 177 g/mol. The lowest BCUT2D eigenvalue weighted by Crippen LogP contribution is -1.91. The fraction of sp³-hybridized carbons (Fsp3) is 0.143. The molecule has 0 unspecified atom stereocenters. The molecular formula is C7H7N5O. The first-order valence-electron chi connectivity index (χ1n) is 3.64. The predicted octanol–water partition coefficient (Wildman–Crippen LogP) is 0.417. The maximum Gasteiger partial charge on any atom is 0.196 e. The van der Waals surface area contributed by atoms with Crippen LogP contribution in [0.5, 0.6) is 0 Å². The summed E-state index contributed by atoms with van der Waals surface area (Å²) in [7, 11) is 0. The second kappa shape index (κ2) is 2.81. The van der Waals surface area contributed by atoms with Gasteiger partial charge in [-0.1, -0.05) is 0 Å². The average Bonchev–Trinajstić information content (AvgIpc) is 2.53. The largest absolute Gasteiger partial charge is 0.379 e. The van der Waals surface area contributed by atoms with E-state index < -0.39 is 0 Å². The van der Waals surface area contributed by atoms with Crippen molar-refractivity contribution in [1.82, 2.24) is 20.3 Å². The van der Waals surface area contributed by atoms with Crippen LogP contribution < -0.4 is 5.73 Å². The molecule has 0 aliphatic heterocycles. The lowest BCUT2D eigenvalue weighted by Gasteiger charge is -1.94. The molecule has 66 valence electrons. The van der Waals surface area contributed by atoms with Crippen LogP contribution in [0.1, 0.15) is 5.82 Å². The number of hydrogen-bond donors (Lipinski definition) is 1. The first-order chi connectivity index (χ1) is 6.27. The van der Waals surface area contributed by atoms with Gasteiger partial charge in [-0.05, 0) is 17.2 Å². The van der Waals surface area contributed by atoms with E-state index >= 15 is 0 Å². The molecule has 0 spiro atoms. The molecule has 13 heavy (non-hydrogen) atoms. The minimum absolute atomic E-state index is 0.243. The smallest absolute Gasteiger partial charge is 0.196 e. The van der Waals surface area contributed by atoms with Gasteiger partial charge in [0.1, 0.15) is 5.82 Å². The zero-order valence-electron chi connectivity index (χ0n) is 6.93. The van der Waals surface area contributed by atoms with Gasteiger partial charge in [0.15, 0.2) is 11.5 Å². The molecule has 0 fully saturated rings. The van der Waals surface area contributed by atoms with Crippen molar-refractivity contribution in [1.29, 1.82) is 0 Å². The zero-order chi connectivity index (χ0) is 9.26. The number of nitrogen functional groups attached to an aromatic ring is 1. The molecular weight excluding hydrogens is 170 g/mol. The molecule has 2 rings (SSSR count). The van der Waals surface area contributed by atoms with Gasteiger partial charge >= 0.3 is 0 Å². The Hall–Kier alpha value is -1.98. The van der Waals surface area contributed by atoms with Crippen molar-refractivity contribution in [3.8, 4) is 11.3 Å². The molecule has 0 saturated heterocycles. The highest BCUT2D eigenvalue weighted by atomic mass is 16.6. The Morgan fingerprint density at radius 2 is 1.92 bits per heavy atom. The summed E-state index contributed by atoms with van der Waals surface area (Å²) in [5, 5.41) is 7.08. The van der Waals surface area contributed by atoms with Gasteiger partial charge in [0, 0.05) is 18.0 Å². The summed E-state index contributed by atoms with van der Waals surface area (Å²) >= 11 is 0. The Morgan fingerprint density at radius 3 is 2.46 bits per heavy atom. The van der Waals surface area contributed by atoms with Gasteiger partial charge in [-0.25, -0.2) is 14.6 Å². The zero-order valence-corrected chi connectivity index (χ0v) is 6.93. The van der Waals surface area contributed by atoms with Crippen LogP contribution in [0.3, 0.4) is 0 Å². The number of hydrogen-bond acceptors (Lipinski definition) is 6. The molecule has 0 atom stereocenters. The van der Waals surface area contributed by atoms with Crippen molar-refractivity contribution in [2.75, 3.05) is 5.73 Å². The highest BCUT2D eigenvalue weighted by molar-refractivity contribution is 5.66. The third-order valence-electron chi connectivity index (χ3n) is 1.57. The van der Waals surface area contributed by atoms with Crippen LogP contribution in [0.25, 0.3) is 11.3 Å². The van der Waals surface area contributed by atoms with Crippen LogP contribution >= 0.6 is 0 Å². The molecule has 0 aliphatic carbocycles. The molecule has 2 aromatic heterocycles. The predicted molar refractivity (Wildman–Crippen MR) is 44.5 cm³/mol. The lowest BCUT2D eigenvalue weighted by atomic mass is 10.2. The SMILES string of the molecule is Cc1ncc(-c2nonc2N)cn1. The van der Waals surface area contributed by atoms with E-state index in [4.69, 9.17) is 5.73 Å². The third kappa shape index (κ3) is 1.33. The summed E-state index contributed by atoms with van der Waals surface area (Å²) in [6.07, 6.45) is 3.25. The van der Waals surface area contributed by atoms with Crippen LogP contribution in [0.2, 0.25) is 0 Å². The molecule has 0 aromatic carbocycles. The molecule has 2 aromatic rings. The summed E-state index contributed by atoms with van der Waals surface area (Å²) in [5.41, 5.74) is 6.66. The Bertz CT molecular complexity index is 407. The van der Waals surface area contributed by atoms with Crippen LogP contribution in [-0.2, 0) is 0 Å². The van der Waals surface area contributed by atoms with Crippen LogP contribution in [0.4, 0.5) is 5.82 Å². The second-order valence-electron chi connectivity index (χ2n) is 2.52. The highest BCUT2D eigenvalue weighted by Gasteiger charge is 2.08. The second-order valence-corrected chi connectivity index (χ2v) is 2.52. The van der Waals surface area contributed by atoms with Crippen molar-refractivity contribution < 1.29 is 4.63 Å². The minimum atomic E-state index is 0.243. The Labute approximate surface area is 73.8 Å². The van der Waals surface area contributed by atoms with E-state index in [1.54, 1.807) is 19.3 Å². The Balaban J connectivity index is 2.47. The third-order valence-corrected chi connectivity index (χ3v) is 1.57. The van der Waals surface area contributed by atoms with E-state index in [1.165, 1.54) is 0 Å². The molecule has 0 amide bonds. The molecule has 0 saturated carbocycles. The van der Waals surface area contributed by atoms with Gasteiger partial charge < -0.3 is 5.73 Å². The van der Waals surface area contributed by atoms with E-state index in [1.807, 2.05) is 0 Å². The van der Waals surface area contributed by atoms with Crippen LogP contribution in [0.15, 0.2) is 17.0 Å². The number of nitrogens with two attached hydrogens (primary N) is 1. The van der Waals surface area contributed by atoms with Crippen molar-refractivity contribution in [3.05, 3.63) is 18.2 Å². The first kappa shape index (κ1) is 7.66. The highest BCUT2D eigenvalue weighted by Crippen LogP contribution is 2.19. The first-order valence-corrected chi connectivity index (χ1v) is 3.64. The Kier molecular flexibility index (Phi) is 1.66. The molecule has 2 heterocycles. The van der Waals surface area contributed by atoms with Gasteiger partial charge in [0.2, 0.25) is 0 Å². The van der Waals surface area contributed by atoms with Gasteiger partial charge in [0.25, 0.3) is 0 Å². The lowest BCUT2D eigenvalue weighted by molar-refractivity contribution is 0.310. The molecule has 6 heteroatoms. The standard InChI is InChI=1S/C7H7N5O/c1-4-9-2-5(3-10-4)6-7(8)12-13-11-6/h2-3H,1H3,(H2,8,12). The van der Waals surface area contributed by atoms with Gasteiger partial charge in [-0.2, -0.15) is 0 Å². The van der Waals surface area contributed by atoms with E-state index in [9.17, 15) is 0 Å². The number of nitrogens with zero attached hydrogens (tertiary/aromatic N) is 4. The number of rotatable bonds is 1. The van der Waals surface area contributed by atoms with E-state index in [-0.39, 0.29) is 5.82 Å². The summed E-state index contributed by atoms with van der Waals surface area (Å²) in [4.78, 5) is 8.00. The summed E-state index contributed by atoms with van der Waals surface area (Å²) < 4.78 is 4.45. The van der Waals surface area contributed by atoms with Crippen LogP contribution in [-0.4, -0.2) is 20.3 Å². The summed E-state index contributed by atoms with van der Waals surface area (Å²) in [6, 6.07) is 0. The minimum Gasteiger partial charge on any atom is -0.379 e. The molecule has 2 N–H and O–H groups in total. The monoisotopic (exact) mass is 177 g/mol. The molecule has 0 aliphatic rings. The fourth-order valence-corrected chi connectivity index (χ4v) is 0.911. The summed E-state index contributed by atoms with van der Waals surface area (Å²) in [5.74, 6) is 0.936. The quantitative estimate of drug-likeness (QED) is 0.678. The maximum atomic E-state index is 5.49. The van der Waals surface area contributed by atoms with Gasteiger partial charge in [0.05, 0.1) is 0 Å². The summed E-state index contributed by atoms with van der Waals surface area (Å²) in [6.45, 7) is 1.80. The number of anilines is 1. The fourth-order valence-electron chi connectivity index (χ4n) is 0.911. The van der Waals surface area contributed by atoms with E-state index in [0.29, 0.717) is 17.1 Å². The Morgan fingerprint density at radius 1 is 1.23 bits per heavy atom. The number of aryl methyl sites for hydroxylation is 1. The topological polar surface area (TPSA) is 90.7 Å². The van der Waals surface area contributed by atoms with E-state index in [2.05, 4.69) is 24.9 Å². The normalized spacial score (nSPS) is 10.2. The van der Waals surface area contributed by atoms with Crippen LogP contribution in [0, 0.1) is 6.92 Å². The van der Waals surface area contributed by atoms with Crippen molar-refractivity contribution in [2.45, 2.75) is 6.92 Å². The molecule has 0 bridgehead atoms. The maximum absolute atomic E-state index is 5.49. The number of aromatic nitrogens is 4. The van der Waals surface area contributed by atoms with E-state index in [0.717, 1.165) is 0 Å². The van der Waals surface area contributed by atoms with Gasteiger partial charge in [-0.15, -0.1) is 0 Å². The molecule has 6 nitrogen and oxygen atoms in total. The molecule has 0 radical (unpaired) electrons. The van der Waals surface area contributed by atoms with Gasteiger partial charge in [-0.3, -0.25) is 0 Å². The van der Waals surface area contributed by atoms with Crippen molar-refractivity contribution in [2.24, 2.45) is 0 Å². The van der Waals surface area contributed by atoms with Crippen molar-refractivity contribution in [3.63, 3.8) is 0 Å².